The van der Waals surface area contributed by atoms with Gasteiger partial charge in [-0.3, -0.25) is 9.36 Å². The first-order valence-electron chi connectivity index (χ1n) is 10.8. The van der Waals surface area contributed by atoms with Crippen LogP contribution in [0.2, 0.25) is 0 Å². The van der Waals surface area contributed by atoms with Crippen LogP contribution in [0.4, 0.5) is 15.9 Å². The number of fused-ring (bicyclic) bond motifs is 1. The molecule has 1 aromatic carbocycles. The van der Waals surface area contributed by atoms with Gasteiger partial charge in [-0.1, -0.05) is 0 Å². The number of aromatic nitrogens is 4. The van der Waals surface area contributed by atoms with E-state index in [1.54, 1.807) is 29.2 Å². The zero-order chi connectivity index (χ0) is 21.4. The Morgan fingerprint density at radius 3 is 2.74 bits per heavy atom. The van der Waals surface area contributed by atoms with Crippen LogP contribution < -0.4 is 9.80 Å². The highest BCUT2D eigenvalue weighted by Gasteiger charge is 2.35. The molecule has 2 unspecified atom stereocenters. The third-order valence-electron chi connectivity index (χ3n) is 6.31. The zero-order valence-corrected chi connectivity index (χ0v) is 17.5. The van der Waals surface area contributed by atoms with Crippen molar-refractivity contribution < 1.29 is 9.18 Å². The van der Waals surface area contributed by atoms with Crippen LogP contribution in [0, 0.1) is 11.7 Å². The molecule has 31 heavy (non-hydrogen) atoms. The molecule has 0 saturated carbocycles. The first kappa shape index (κ1) is 19.7. The van der Waals surface area contributed by atoms with E-state index < -0.39 is 0 Å². The fourth-order valence-corrected chi connectivity index (χ4v) is 4.66. The summed E-state index contributed by atoms with van der Waals surface area (Å²) in [4.78, 5) is 21.6. The van der Waals surface area contributed by atoms with Gasteiger partial charge in [-0.2, -0.15) is 0 Å². The smallest absolute Gasteiger partial charge is 0.232 e. The molecule has 0 spiro atoms. The fourth-order valence-electron chi connectivity index (χ4n) is 4.66. The standard InChI is InChI=1S/C23H25FN6O/c1-16-4-5-17-13-19(24)6-7-20(17)30(16)23(31)18-3-2-11-28(14-18)21-8-9-22(27-26-21)29-12-10-25-15-29/h6-10,12-13,15-16,18H,2-5,11,14H2,1H3. The number of carbonyl (C=O) groups is 1. The third-order valence-corrected chi connectivity index (χ3v) is 6.31. The van der Waals surface area contributed by atoms with E-state index in [1.807, 2.05) is 23.2 Å². The lowest BCUT2D eigenvalue weighted by Crippen LogP contribution is -2.49. The number of hydrogen-bond acceptors (Lipinski definition) is 5. The first-order chi connectivity index (χ1) is 15.1. The highest BCUT2D eigenvalue weighted by atomic mass is 19.1. The summed E-state index contributed by atoms with van der Waals surface area (Å²) in [6.45, 7) is 3.53. The number of imidazole rings is 1. The molecule has 0 radical (unpaired) electrons. The molecule has 5 rings (SSSR count). The van der Waals surface area contributed by atoms with Crippen molar-refractivity contribution in [2.24, 2.45) is 5.92 Å². The van der Waals surface area contributed by atoms with Crippen molar-refractivity contribution in [3.63, 3.8) is 0 Å². The Balaban J connectivity index is 1.34. The van der Waals surface area contributed by atoms with Crippen LogP contribution in [0.1, 0.15) is 31.7 Å². The van der Waals surface area contributed by atoms with Crippen molar-refractivity contribution in [3.05, 3.63) is 60.4 Å². The third kappa shape index (κ3) is 3.78. The van der Waals surface area contributed by atoms with Crippen LogP contribution in [0.3, 0.4) is 0 Å². The fraction of sp³-hybridized carbons (Fsp3) is 0.391. The molecule has 0 N–H and O–H groups in total. The van der Waals surface area contributed by atoms with Crippen LogP contribution in [0.15, 0.2) is 49.1 Å². The van der Waals surface area contributed by atoms with Gasteiger partial charge in [0.1, 0.15) is 12.1 Å². The number of nitrogens with zero attached hydrogens (tertiary/aromatic N) is 6. The van der Waals surface area contributed by atoms with Crippen LogP contribution in [-0.2, 0) is 11.2 Å². The van der Waals surface area contributed by atoms with Gasteiger partial charge in [0.2, 0.25) is 5.91 Å². The molecule has 1 saturated heterocycles. The van der Waals surface area contributed by atoms with E-state index in [0.29, 0.717) is 12.4 Å². The number of piperidine rings is 1. The summed E-state index contributed by atoms with van der Waals surface area (Å²) in [5, 5.41) is 8.69. The average molecular weight is 420 g/mol. The van der Waals surface area contributed by atoms with E-state index in [4.69, 9.17) is 0 Å². The Morgan fingerprint density at radius 1 is 1.13 bits per heavy atom. The molecule has 0 aliphatic carbocycles. The van der Waals surface area contributed by atoms with Gasteiger partial charge < -0.3 is 9.80 Å². The van der Waals surface area contributed by atoms with E-state index >= 15 is 0 Å². The number of anilines is 2. The second-order valence-electron chi connectivity index (χ2n) is 8.37. The Morgan fingerprint density at radius 2 is 1.97 bits per heavy atom. The van der Waals surface area contributed by atoms with Crippen LogP contribution in [0.25, 0.3) is 5.82 Å². The average Bonchev–Trinajstić information content (AvgIpc) is 3.34. The molecule has 7 nitrogen and oxygen atoms in total. The molecule has 4 heterocycles. The lowest BCUT2D eigenvalue weighted by molar-refractivity contribution is -0.123. The minimum atomic E-state index is -0.248. The van der Waals surface area contributed by atoms with Gasteiger partial charge >= 0.3 is 0 Å². The van der Waals surface area contributed by atoms with Crippen molar-refractivity contribution in [2.75, 3.05) is 22.9 Å². The number of halogens is 1. The first-order valence-corrected chi connectivity index (χ1v) is 10.8. The highest BCUT2D eigenvalue weighted by molar-refractivity contribution is 5.97. The molecule has 0 bridgehead atoms. The van der Waals surface area contributed by atoms with E-state index in [2.05, 4.69) is 27.0 Å². The Labute approximate surface area is 180 Å². The van der Waals surface area contributed by atoms with Crippen molar-refractivity contribution in [1.29, 1.82) is 0 Å². The summed E-state index contributed by atoms with van der Waals surface area (Å²) in [5.41, 5.74) is 1.77. The lowest BCUT2D eigenvalue weighted by atomic mass is 9.91. The largest absolute Gasteiger partial charge is 0.354 e. The van der Waals surface area contributed by atoms with Crippen LogP contribution in [0.5, 0.6) is 0 Å². The van der Waals surface area contributed by atoms with Crippen molar-refractivity contribution in [2.45, 2.75) is 38.6 Å². The van der Waals surface area contributed by atoms with Gasteiger partial charge in [0.25, 0.3) is 0 Å². The SMILES string of the molecule is CC1CCc2cc(F)ccc2N1C(=O)C1CCCN(c2ccc(-n3ccnc3)nn2)C1. The maximum atomic E-state index is 13.7. The van der Waals surface area contributed by atoms with E-state index in [0.717, 1.165) is 49.3 Å². The topological polar surface area (TPSA) is 67.2 Å². The number of hydrogen-bond donors (Lipinski definition) is 0. The monoisotopic (exact) mass is 420 g/mol. The highest BCUT2D eigenvalue weighted by Crippen LogP contribution is 2.34. The Bertz CT molecular complexity index is 1070. The van der Waals surface area contributed by atoms with Gasteiger partial charge in [-0.05, 0) is 68.5 Å². The molecule has 1 amide bonds. The molecule has 2 aliphatic rings. The summed E-state index contributed by atoms with van der Waals surface area (Å²) in [6.07, 6.45) is 8.61. The number of amides is 1. The molecular weight excluding hydrogens is 395 g/mol. The molecule has 1 fully saturated rings. The second-order valence-corrected chi connectivity index (χ2v) is 8.37. The van der Waals surface area contributed by atoms with Gasteiger partial charge in [-0.15, -0.1) is 10.2 Å². The molecule has 3 aromatic rings. The minimum absolute atomic E-state index is 0.107. The number of benzene rings is 1. The zero-order valence-electron chi connectivity index (χ0n) is 17.5. The maximum Gasteiger partial charge on any atom is 0.232 e. The molecule has 160 valence electrons. The maximum absolute atomic E-state index is 13.7. The second kappa shape index (κ2) is 8.09. The molecule has 2 aliphatic heterocycles. The predicted octanol–water partition coefficient (Wildman–Crippen LogP) is 3.39. The summed E-state index contributed by atoms with van der Waals surface area (Å²) in [7, 11) is 0. The van der Waals surface area contributed by atoms with Crippen molar-refractivity contribution in [1.82, 2.24) is 19.7 Å². The molecule has 8 heteroatoms. The number of rotatable bonds is 3. The predicted molar refractivity (Wildman–Crippen MR) is 116 cm³/mol. The molecule has 2 atom stereocenters. The van der Waals surface area contributed by atoms with Crippen LogP contribution >= 0.6 is 0 Å². The quantitative estimate of drug-likeness (QED) is 0.650. The van der Waals surface area contributed by atoms with Crippen LogP contribution in [-0.4, -0.2) is 44.8 Å². The summed E-state index contributed by atoms with van der Waals surface area (Å²) >= 11 is 0. The minimum Gasteiger partial charge on any atom is -0.354 e. The lowest BCUT2D eigenvalue weighted by Gasteiger charge is -2.40. The normalized spacial score (nSPS) is 21.1. The summed E-state index contributed by atoms with van der Waals surface area (Å²) < 4.78 is 15.5. The number of carbonyl (C=O) groups excluding carboxylic acids is 1. The van der Waals surface area contributed by atoms with Crippen molar-refractivity contribution >= 4 is 17.4 Å². The van der Waals surface area contributed by atoms with Gasteiger partial charge in [0.05, 0.1) is 5.92 Å². The van der Waals surface area contributed by atoms with Crippen molar-refractivity contribution in [3.8, 4) is 5.82 Å². The van der Waals surface area contributed by atoms with Gasteiger partial charge in [0.15, 0.2) is 11.6 Å². The van der Waals surface area contributed by atoms with E-state index in [1.165, 1.54) is 6.07 Å². The van der Waals surface area contributed by atoms with E-state index in [-0.39, 0.29) is 23.7 Å². The number of aryl methyl sites for hydroxylation is 1. The van der Waals surface area contributed by atoms with E-state index in [9.17, 15) is 9.18 Å². The summed E-state index contributed by atoms with van der Waals surface area (Å²) in [6, 6.07) is 8.71. The Hall–Kier alpha value is -3.29. The molecule has 2 aromatic heterocycles. The summed E-state index contributed by atoms with van der Waals surface area (Å²) in [5.74, 6) is 1.23. The van der Waals surface area contributed by atoms with Gasteiger partial charge in [0, 0.05) is 37.2 Å². The van der Waals surface area contributed by atoms with Gasteiger partial charge in [-0.25, -0.2) is 9.37 Å². The molecular formula is C23H25FN6O. The Kier molecular flexibility index (Phi) is 5.13.